The van der Waals surface area contributed by atoms with Crippen molar-refractivity contribution in [3.05, 3.63) is 52.1 Å². The number of Topliss-reactive ketones (excluding diaryl/α,β-unsaturated/α-hetero) is 1. The zero-order chi connectivity index (χ0) is 29.2. The number of carbonyl (C=O) groups excluding carboxylic acids is 1. The second-order valence-corrected chi connectivity index (χ2v) is 11.1. The maximum Gasteiger partial charge on any atom is 2.00 e. The van der Waals surface area contributed by atoms with E-state index in [4.69, 9.17) is 4.74 Å². The number of alkyl halides is 3. The van der Waals surface area contributed by atoms with Crippen LogP contribution in [-0.4, -0.2) is 30.9 Å². The summed E-state index contributed by atoms with van der Waals surface area (Å²) in [6, 6.07) is 0. The molecule has 0 amide bonds. The van der Waals surface area contributed by atoms with E-state index >= 15 is 0 Å². The van der Waals surface area contributed by atoms with Crippen molar-refractivity contribution >= 4 is 11.5 Å². The van der Waals surface area contributed by atoms with Crippen molar-refractivity contribution in [3.63, 3.8) is 0 Å². The number of halogens is 3. The van der Waals surface area contributed by atoms with Gasteiger partial charge in [-0.1, -0.05) is 66.7 Å². The number of allylic oxidation sites excluding steroid dienone is 2. The van der Waals surface area contributed by atoms with Gasteiger partial charge in [-0.2, -0.15) is 50.2 Å². The standard InChI is InChI=1S/C11H18O.C8H16.C7H7F3N.C6H11O.CH3.K.U/c1-8-6-10-4-3-5-11(10,7-8)9(2)12;1-4-5-6-7-8(2)3;1-3-4-5-11-6(2)7(8,9)10;1-6-2-4-7-5-3-6;;;/h8,10H,3-7H2,1-2H3;6,8H,2,4-5,7H2,1,3H3;3-4H,1H2,2H3;2,6H,3-5H2,1H3;1H3;;/q;-2;3*-1;+1;+2. The fraction of sp³-hybridized carbons (Fsp3) is 0.697. The molecule has 3 fully saturated rings. The number of hydrogen-bond donors (Lipinski definition) is 0. The Hall–Kier alpha value is 1.26. The molecule has 0 radical (unpaired) electrons. The number of ether oxygens (including phenoxy) is 1. The van der Waals surface area contributed by atoms with Gasteiger partial charge >= 0.3 is 88.7 Å². The maximum atomic E-state index is 11.7. The summed E-state index contributed by atoms with van der Waals surface area (Å²) in [5.74, 6) is 3.38. The van der Waals surface area contributed by atoms with Crippen LogP contribution in [0, 0.1) is 93.6 Å². The van der Waals surface area contributed by atoms with E-state index < -0.39 is 11.9 Å². The van der Waals surface area contributed by atoms with Gasteiger partial charge in [-0.3, -0.25) is 4.79 Å². The SMILES string of the molecule is C=CC=[C-]N=C(C)C(F)(F)F.CC(=O)C12CCCC1CC(C)C2.CC1[CH-]COCC1.[CH2-]C(C)C[CH-]CCC.[CH3-].[K+].[U+2]. The van der Waals surface area contributed by atoms with Gasteiger partial charge in [-0.05, 0) is 44.4 Å². The number of carbonyl (C=O) groups is 1. The fourth-order valence-corrected chi connectivity index (χ4v) is 5.11. The molecule has 3 rings (SSSR count). The molecule has 8 heteroatoms. The number of nitrogens with zero attached hydrogens (tertiary/aromatic N) is 1. The van der Waals surface area contributed by atoms with Crippen molar-refractivity contribution in [2.24, 2.45) is 34.1 Å². The predicted octanol–water partition coefficient (Wildman–Crippen LogP) is 6.86. The molecule has 5 unspecified atom stereocenters. The third kappa shape index (κ3) is 22.4. The Bertz CT molecular complexity index is 722. The maximum absolute atomic E-state index is 11.7. The summed E-state index contributed by atoms with van der Waals surface area (Å²) in [4.78, 5) is 14.6. The van der Waals surface area contributed by atoms with Crippen molar-refractivity contribution in [1.82, 2.24) is 0 Å². The van der Waals surface area contributed by atoms with Gasteiger partial charge < -0.3 is 36.9 Å². The Morgan fingerprint density at radius 3 is 2.34 bits per heavy atom. The minimum absolute atomic E-state index is 0. The Kier molecular flexibility index (Phi) is 33.0. The van der Waals surface area contributed by atoms with Gasteiger partial charge in [-0.15, -0.1) is 0 Å². The van der Waals surface area contributed by atoms with Gasteiger partial charge in [-0.25, -0.2) is 6.42 Å². The molecule has 3 nitrogen and oxygen atoms in total. The third-order valence-corrected chi connectivity index (χ3v) is 7.29. The Balaban J connectivity index is -0.000000222. The van der Waals surface area contributed by atoms with Crippen LogP contribution >= 0.6 is 0 Å². The summed E-state index contributed by atoms with van der Waals surface area (Å²) >= 11 is 0. The van der Waals surface area contributed by atoms with Gasteiger partial charge in [0.1, 0.15) is 5.78 Å². The molecule has 41 heavy (non-hydrogen) atoms. The average molecular weight is 832 g/mol. The molecule has 5 atom stereocenters. The van der Waals surface area contributed by atoms with Crippen molar-refractivity contribution in [1.29, 1.82) is 0 Å². The first-order valence-electron chi connectivity index (χ1n) is 14.2. The smallest absolute Gasteiger partial charge is 0.413 e. The second-order valence-electron chi connectivity index (χ2n) is 11.1. The number of hydrogen-bond acceptors (Lipinski definition) is 3. The zero-order valence-corrected chi connectivity index (χ0v) is 34.5. The van der Waals surface area contributed by atoms with E-state index in [1.807, 2.05) is 0 Å². The average Bonchev–Trinajstić information content (AvgIpc) is 3.38. The molecule has 1 heterocycles. The van der Waals surface area contributed by atoms with E-state index in [2.05, 4.69) is 65.2 Å². The monoisotopic (exact) mass is 831 g/mol. The van der Waals surface area contributed by atoms with Gasteiger partial charge in [0, 0.05) is 17.7 Å². The number of rotatable bonds is 7. The van der Waals surface area contributed by atoms with Gasteiger partial charge in [0.25, 0.3) is 0 Å². The first-order valence-corrected chi connectivity index (χ1v) is 14.2. The number of fused-ring (bicyclic) bond motifs is 1. The van der Waals surface area contributed by atoms with Crippen molar-refractivity contribution < 1.29 is 105 Å². The van der Waals surface area contributed by atoms with E-state index in [-0.39, 0.29) is 95.3 Å². The summed E-state index contributed by atoms with van der Waals surface area (Å²) in [7, 11) is 0. The topological polar surface area (TPSA) is 38.7 Å². The molecule has 232 valence electrons. The van der Waals surface area contributed by atoms with Crippen LogP contribution in [-0.2, 0) is 9.53 Å². The number of ketones is 1. The molecular formula is C33H55F3KNO2U-2. The molecule has 2 aliphatic carbocycles. The minimum Gasteiger partial charge on any atom is -0.413 e. The van der Waals surface area contributed by atoms with Crippen molar-refractivity contribution in [3.8, 4) is 0 Å². The summed E-state index contributed by atoms with van der Waals surface area (Å²) in [6.07, 6.45) is 15.9. The van der Waals surface area contributed by atoms with Gasteiger partial charge in [0.15, 0.2) is 0 Å². The third-order valence-electron chi connectivity index (χ3n) is 7.29. The molecule has 2 saturated carbocycles. The van der Waals surface area contributed by atoms with Crippen LogP contribution in [0.4, 0.5) is 13.2 Å². The zero-order valence-electron chi connectivity index (χ0n) is 27.2. The van der Waals surface area contributed by atoms with E-state index in [1.54, 1.807) is 6.92 Å². The largest absolute Gasteiger partial charge is 2.00 e. The number of aliphatic imine (C=N–C) groups is 1. The summed E-state index contributed by atoms with van der Waals surface area (Å²) in [5, 5.41) is 0. The van der Waals surface area contributed by atoms with Crippen LogP contribution < -0.4 is 51.4 Å². The Morgan fingerprint density at radius 2 is 1.95 bits per heavy atom. The van der Waals surface area contributed by atoms with Crippen molar-refractivity contribution in [2.45, 2.75) is 106 Å². The molecular weight excluding hydrogens is 776 g/mol. The molecule has 0 aromatic rings. The summed E-state index contributed by atoms with van der Waals surface area (Å²) in [5.41, 5.74) is -0.782. The van der Waals surface area contributed by atoms with Crippen LogP contribution in [0.5, 0.6) is 0 Å². The fourth-order valence-electron chi connectivity index (χ4n) is 5.11. The molecule has 0 aromatic heterocycles. The van der Waals surface area contributed by atoms with Gasteiger partial charge in [0.05, 0.1) is 0 Å². The van der Waals surface area contributed by atoms with E-state index in [1.165, 1.54) is 69.9 Å². The Labute approximate surface area is 318 Å². The normalized spacial score (nSPS) is 25.6. The Morgan fingerprint density at radius 1 is 1.32 bits per heavy atom. The first-order chi connectivity index (χ1) is 17.8. The predicted molar refractivity (Wildman–Crippen MR) is 160 cm³/mol. The molecule has 3 aliphatic rings. The first kappa shape index (κ1) is 49.1. The summed E-state index contributed by atoms with van der Waals surface area (Å²) in [6.45, 7) is 20.5. The molecule has 1 saturated heterocycles. The van der Waals surface area contributed by atoms with Gasteiger partial charge in [0.2, 0.25) is 0 Å². The van der Waals surface area contributed by atoms with Crippen LogP contribution in [0.1, 0.15) is 99.3 Å². The van der Waals surface area contributed by atoms with Crippen LogP contribution in [0.25, 0.3) is 0 Å². The second kappa shape index (κ2) is 27.6. The van der Waals surface area contributed by atoms with E-state index in [9.17, 15) is 18.0 Å². The molecule has 0 spiro atoms. The van der Waals surface area contributed by atoms with Crippen LogP contribution in [0.15, 0.2) is 23.7 Å². The molecule has 0 aromatic carbocycles. The van der Waals surface area contributed by atoms with Crippen molar-refractivity contribution in [2.75, 3.05) is 13.2 Å². The van der Waals surface area contributed by atoms with Crippen LogP contribution in [0.3, 0.4) is 0 Å². The molecule has 0 bridgehead atoms. The molecule has 1 aliphatic heterocycles. The molecule has 0 N–H and O–H groups in total. The number of unbranched alkanes of at least 4 members (excludes halogenated alkanes) is 2. The summed E-state index contributed by atoms with van der Waals surface area (Å²) < 4.78 is 40.1. The van der Waals surface area contributed by atoms with Crippen LogP contribution in [0.2, 0.25) is 0 Å². The quantitative estimate of drug-likeness (QED) is 0.0927. The van der Waals surface area contributed by atoms with E-state index in [0.29, 0.717) is 11.7 Å². The van der Waals surface area contributed by atoms with E-state index in [0.717, 1.165) is 37.9 Å². The minimum atomic E-state index is -4.36.